The number of carbonyl (C=O) groups is 3. The highest BCUT2D eigenvalue weighted by atomic mass is 19.4. The molecule has 0 spiro atoms. The fourth-order valence-electron chi connectivity index (χ4n) is 7.65. The molecule has 42 heavy (non-hydrogen) atoms. The zero-order valence-corrected chi connectivity index (χ0v) is 23.0. The van der Waals surface area contributed by atoms with Crippen LogP contribution in [0, 0.1) is 17.8 Å². The number of phenols is 1. The summed E-state index contributed by atoms with van der Waals surface area (Å²) in [6.45, 7) is -0.160. The van der Waals surface area contributed by atoms with E-state index in [9.17, 15) is 48.0 Å². The Bertz CT molecular complexity index is 1510. The highest BCUT2D eigenvalue weighted by molar-refractivity contribution is 6.24. The molecule has 5 aliphatic carbocycles. The first-order chi connectivity index (χ1) is 19.5. The number of fused-ring (bicyclic) bond motifs is 3. The van der Waals surface area contributed by atoms with E-state index in [0.717, 1.165) is 31.7 Å². The molecule has 1 aromatic rings. The van der Waals surface area contributed by atoms with Gasteiger partial charge in [-0.15, -0.1) is 0 Å². The third kappa shape index (κ3) is 3.93. The number of nitrogens with zero attached hydrogens (tertiary/aromatic N) is 1. The van der Waals surface area contributed by atoms with Crippen molar-refractivity contribution >= 4 is 17.5 Å². The first kappa shape index (κ1) is 28.7. The molecule has 1 aromatic carbocycles. The van der Waals surface area contributed by atoms with Gasteiger partial charge < -0.3 is 31.5 Å². The van der Waals surface area contributed by atoms with Crippen molar-refractivity contribution in [3.63, 3.8) is 0 Å². The second kappa shape index (κ2) is 9.04. The third-order valence-electron chi connectivity index (χ3n) is 9.87. The average Bonchev–Trinajstić information content (AvgIpc) is 3.77. The molecule has 0 aromatic heterocycles. The first-order valence-electron chi connectivity index (χ1n) is 13.9. The van der Waals surface area contributed by atoms with E-state index >= 15 is 0 Å². The smallest absolute Gasteiger partial charge is 0.417 e. The number of benzene rings is 1. The van der Waals surface area contributed by atoms with E-state index in [4.69, 9.17) is 5.73 Å². The minimum Gasteiger partial charge on any atom is -0.510 e. The molecule has 6 rings (SSSR count). The van der Waals surface area contributed by atoms with Gasteiger partial charge >= 0.3 is 6.18 Å². The maximum atomic E-state index is 14.7. The Hall–Kier alpha value is -3.42. The number of rotatable bonds is 6. The number of aliphatic hydroxyl groups excluding tert-OH is 2. The molecular weight excluding hydrogens is 559 g/mol. The quantitative estimate of drug-likeness (QED) is 0.271. The fourth-order valence-corrected chi connectivity index (χ4v) is 7.65. The summed E-state index contributed by atoms with van der Waals surface area (Å²) in [6.07, 6.45) is -1.86. The number of hydrogen-bond donors (Lipinski definition) is 6. The molecule has 7 N–H and O–H groups in total. The number of phenolic OH excluding ortho intramolecular Hbond substituents is 1. The number of allylic oxidation sites excluding steroid dienone is 1. The number of nitrogens with two attached hydrogens (primary N) is 1. The molecule has 10 nitrogen and oxygen atoms in total. The molecule has 0 saturated heterocycles. The Morgan fingerprint density at radius 1 is 1.17 bits per heavy atom. The highest BCUT2D eigenvalue weighted by Crippen LogP contribution is 2.55. The number of primary amides is 1. The topological polar surface area (TPSA) is 173 Å². The van der Waals surface area contributed by atoms with Crippen LogP contribution in [0.3, 0.4) is 0 Å². The lowest BCUT2D eigenvalue weighted by molar-refractivity contribution is -0.148. The molecule has 0 aliphatic heterocycles. The first-order valence-corrected chi connectivity index (χ1v) is 13.9. The molecule has 1 amide bonds. The number of likely N-dealkylation sites (N-methyl/N-ethyl adjacent to an activating group) is 1. The number of ketones is 2. The molecule has 226 valence electrons. The van der Waals surface area contributed by atoms with Crippen LogP contribution < -0.4 is 11.1 Å². The summed E-state index contributed by atoms with van der Waals surface area (Å²) < 4.78 is 44.0. The number of hydrogen-bond acceptors (Lipinski definition) is 9. The predicted octanol–water partition coefficient (Wildman–Crippen LogP) is 2.17. The number of aliphatic hydroxyl groups is 3. The second-order valence-corrected chi connectivity index (χ2v) is 12.5. The van der Waals surface area contributed by atoms with Crippen LogP contribution in [0.5, 0.6) is 5.75 Å². The van der Waals surface area contributed by atoms with Crippen LogP contribution >= 0.6 is 0 Å². The lowest BCUT2D eigenvalue weighted by Crippen LogP contribution is -2.63. The molecule has 0 radical (unpaired) electrons. The number of aromatic hydroxyl groups is 1. The molecule has 5 aliphatic rings. The van der Waals surface area contributed by atoms with Gasteiger partial charge in [-0.05, 0) is 81.6 Å². The van der Waals surface area contributed by atoms with Gasteiger partial charge in [0.1, 0.15) is 22.8 Å². The van der Waals surface area contributed by atoms with E-state index < -0.39 is 98.7 Å². The van der Waals surface area contributed by atoms with E-state index in [2.05, 4.69) is 5.32 Å². The largest absolute Gasteiger partial charge is 0.510 e. The predicted molar refractivity (Wildman–Crippen MR) is 140 cm³/mol. The van der Waals surface area contributed by atoms with Crippen LogP contribution in [0.15, 0.2) is 28.7 Å². The van der Waals surface area contributed by atoms with Crippen molar-refractivity contribution in [1.82, 2.24) is 10.2 Å². The van der Waals surface area contributed by atoms with Crippen LogP contribution in [-0.4, -0.2) is 74.1 Å². The van der Waals surface area contributed by atoms with Gasteiger partial charge in [-0.25, -0.2) is 0 Å². The van der Waals surface area contributed by atoms with Gasteiger partial charge in [0.15, 0.2) is 11.4 Å². The van der Waals surface area contributed by atoms with E-state index in [0.29, 0.717) is 5.92 Å². The Morgan fingerprint density at radius 2 is 1.81 bits per heavy atom. The lowest BCUT2D eigenvalue weighted by Gasteiger charge is -2.50. The summed E-state index contributed by atoms with van der Waals surface area (Å²) in [6, 6.07) is -0.327. The summed E-state index contributed by atoms with van der Waals surface area (Å²) in [5, 5.41) is 48.0. The van der Waals surface area contributed by atoms with Crippen molar-refractivity contribution < 1.29 is 48.0 Å². The number of alkyl halides is 3. The number of nitrogens with one attached hydrogen (secondary N) is 1. The molecule has 13 heteroatoms. The van der Waals surface area contributed by atoms with Gasteiger partial charge in [-0.3, -0.25) is 19.3 Å². The Morgan fingerprint density at radius 3 is 2.33 bits per heavy atom. The fraction of sp³-hybridized carbons (Fsp3) is 0.552. The summed E-state index contributed by atoms with van der Waals surface area (Å²) in [5.41, 5.74) is -1.53. The van der Waals surface area contributed by atoms with Crippen molar-refractivity contribution in [2.45, 2.75) is 68.4 Å². The average molecular weight is 592 g/mol. The summed E-state index contributed by atoms with van der Waals surface area (Å²) in [7, 11) is 2.95. The summed E-state index contributed by atoms with van der Waals surface area (Å²) in [5.74, 6) is -8.52. The molecule has 2 saturated carbocycles. The third-order valence-corrected chi connectivity index (χ3v) is 9.87. The van der Waals surface area contributed by atoms with Crippen molar-refractivity contribution in [1.29, 1.82) is 0 Å². The van der Waals surface area contributed by atoms with Crippen LogP contribution in [0.1, 0.15) is 59.2 Å². The molecule has 0 unspecified atom stereocenters. The SMILES string of the molecule is CN(C)[C@@H]1C(O)=C(C(N)=O)C(=O)[C@@]2(O)C(O)=C3C(=O)c4c(O)cc(CNC5(C6CC6)CC5)c(C(F)(F)F)c4C[C@H]3C[C@@H]12. The van der Waals surface area contributed by atoms with E-state index in [-0.39, 0.29) is 24.1 Å². The molecule has 2 fully saturated rings. The zero-order chi connectivity index (χ0) is 30.7. The van der Waals surface area contributed by atoms with Crippen LogP contribution in [0.2, 0.25) is 0 Å². The Balaban J connectivity index is 1.48. The lowest BCUT2D eigenvalue weighted by atomic mass is 9.58. The van der Waals surface area contributed by atoms with Gasteiger partial charge in [-0.2, -0.15) is 13.2 Å². The van der Waals surface area contributed by atoms with Crippen LogP contribution in [0.25, 0.3) is 0 Å². The monoisotopic (exact) mass is 591 g/mol. The zero-order valence-electron chi connectivity index (χ0n) is 23.0. The number of carbonyl (C=O) groups excluding carboxylic acids is 3. The molecular formula is C29H32F3N3O7. The minimum atomic E-state index is -4.88. The van der Waals surface area contributed by atoms with Gasteiger partial charge in [0.25, 0.3) is 5.91 Å². The summed E-state index contributed by atoms with van der Waals surface area (Å²) in [4.78, 5) is 40.6. The molecule has 0 bridgehead atoms. The van der Waals surface area contributed by atoms with E-state index in [1.165, 1.54) is 19.0 Å². The number of amides is 1. The van der Waals surface area contributed by atoms with Gasteiger partial charge in [0, 0.05) is 23.6 Å². The Labute approximate surface area is 238 Å². The van der Waals surface area contributed by atoms with Crippen molar-refractivity contribution in [2.75, 3.05) is 14.1 Å². The van der Waals surface area contributed by atoms with Crippen molar-refractivity contribution in [3.05, 3.63) is 51.0 Å². The van der Waals surface area contributed by atoms with Crippen molar-refractivity contribution in [2.24, 2.45) is 23.5 Å². The Kier molecular flexibility index (Phi) is 6.18. The van der Waals surface area contributed by atoms with Gasteiger partial charge in [-0.1, -0.05) is 0 Å². The number of halogens is 3. The summed E-state index contributed by atoms with van der Waals surface area (Å²) >= 11 is 0. The van der Waals surface area contributed by atoms with E-state index in [1.807, 2.05) is 0 Å². The van der Waals surface area contributed by atoms with Gasteiger partial charge in [0.05, 0.1) is 17.2 Å². The second-order valence-electron chi connectivity index (χ2n) is 12.5. The van der Waals surface area contributed by atoms with Crippen LogP contribution in [-0.2, 0) is 28.7 Å². The van der Waals surface area contributed by atoms with Crippen LogP contribution in [0.4, 0.5) is 13.2 Å². The van der Waals surface area contributed by atoms with Crippen molar-refractivity contribution in [3.8, 4) is 5.75 Å². The van der Waals surface area contributed by atoms with E-state index in [1.54, 1.807) is 0 Å². The molecule has 0 heterocycles. The minimum absolute atomic E-state index is 0.160. The maximum absolute atomic E-state index is 14.7. The highest BCUT2D eigenvalue weighted by Gasteiger charge is 2.63. The number of Topliss-reactive ketones (excluding diaryl/α,β-unsaturated/α-hetero) is 2. The standard InChI is InChI=1S/C29H32F3N3O7/c1-35(2)21-15-8-11-7-14-18(22(37)17(11)24(39)28(15,42)25(40)19(23(21)38)26(33)41)16(36)9-12(20(14)29(30,31)32)10-34-27(5-6-27)13-3-4-13/h9,11,13,15,21,34,36,38-39,42H,3-8,10H2,1-2H3,(H2,33,41)/t11-,15-,21-,28-/m0/s1. The normalized spacial score (nSPS) is 30.3. The molecule has 4 atom stereocenters. The maximum Gasteiger partial charge on any atom is 0.417 e. The van der Waals surface area contributed by atoms with Gasteiger partial charge in [0.2, 0.25) is 5.78 Å².